The van der Waals surface area contributed by atoms with Gasteiger partial charge in [0.1, 0.15) is 16.6 Å². The highest BCUT2D eigenvalue weighted by molar-refractivity contribution is 9.10. The highest BCUT2D eigenvalue weighted by atomic mass is 79.9. The van der Waals surface area contributed by atoms with Crippen molar-refractivity contribution in [1.29, 1.82) is 0 Å². The zero-order valence-electron chi connectivity index (χ0n) is 5.06. The van der Waals surface area contributed by atoms with E-state index in [0.29, 0.717) is 0 Å². The highest BCUT2D eigenvalue weighted by Gasteiger charge is 2.12. The molecule has 0 saturated carbocycles. The number of hydrogen-bond acceptors (Lipinski definition) is 4. The number of fused-ring (bicyclic) bond motifs is 1. The van der Waals surface area contributed by atoms with Crippen LogP contribution in [0.15, 0.2) is 10.9 Å². The number of halogens is 1. The molecule has 2 heterocycles. The van der Waals surface area contributed by atoms with Gasteiger partial charge in [-0.05, 0) is 15.9 Å². The molecule has 4 nitrogen and oxygen atoms in total. The summed E-state index contributed by atoms with van der Waals surface area (Å²) in [6.07, 6.45) is 1.52. The SMILES string of the molecule is Brc1ncnc2c1NCN2. The summed E-state index contributed by atoms with van der Waals surface area (Å²) in [5.41, 5.74) is 0.947. The summed E-state index contributed by atoms with van der Waals surface area (Å²) >= 11 is 3.29. The molecule has 2 rings (SSSR count). The van der Waals surface area contributed by atoms with Crippen molar-refractivity contribution in [3.63, 3.8) is 0 Å². The first kappa shape index (κ1) is 5.91. The van der Waals surface area contributed by atoms with Crippen molar-refractivity contribution >= 4 is 27.4 Å². The Balaban J connectivity index is 2.59. The van der Waals surface area contributed by atoms with Crippen LogP contribution < -0.4 is 10.6 Å². The third-order valence-corrected chi connectivity index (χ3v) is 1.92. The highest BCUT2D eigenvalue weighted by Crippen LogP contribution is 2.28. The van der Waals surface area contributed by atoms with Crippen LogP contribution in [0.5, 0.6) is 0 Å². The van der Waals surface area contributed by atoms with E-state index in [2.05, 4.69) is 36.5 Å². The average molecular weight is 201 g/mol. The average Bonchev–Trinajstić information content (AvgIpc) is 2.36. The summed E-state index contributed by atoms with van der Waals surface area (Å²) in [7, 11) is 0. The lowest BCUT2D eigenvalue weighted by Gasteiger charge is -1.96. The zero-order valence-corrected chi connectivity index (χ0v) is 6.64. The van der Waals surface area contributed by atoms with Gasteiger partial charge in [0, 0.05) is 0 Å². The van der Waals surface area contributed by atoms with Gasteiger partial charge >= 0.3 is 0 Å². The lowest BCUT2D eigenvalue weighted by Crippen LogP contribution is -1.99. The van der Waals surface area contributed by atoms with Crippen LogP contribution in [-0.4, -0.2) is 16.6 Å². The maximum atomic E-state index is 4.01. The number of nitrogens with zero attached hydrogens (tertiary/aromatic N) is 2. The maximum Gasteiger partial charge on any atom is 0.155 e. The molecule has 0 unspecified atom stereocenters. The van der Waals surface area contributed by atoms with E-state index in [0.717, 1.165) is 22.8 Å². The van der Waals surface area contributed by atoms with E-state index in [9.17, 15) is 0 Å². The van der Waals surface area contributed by atoms with Crippen LogP contribution in [0.2, 0.25) is 0 Å². The van der Waals surface area contributed by atoms with Crippen LogP contribution in [-0.2, 0) is 0 Å². The molecule has 0 radical (unpaired) electrons. The van der Waals surface area contributed by atoms with Gasteiger partial charge in [-0.3, -0.25) is 0 Å². The van der Waals surface area contributed by atoms with Crippen molar-refractivity contribution < 1.29 is 0 Å². The van der Waals surface area contributed by atoms with Gasteiger partial charge in [-0.15, -0.1) is 0 Å². The van der Waals surface area contributed by atoms with Crippen LogP contribution in [0.3, 0.4) is 0 Å². The second kappa shape index (κ2) is 2.09. The fourth-order valence-electron chi connectivity index (χ4n) is 0.871. The van der Waals surface area contributed by atoms with Crippen LogP contribution in [0.1, 0.15) is 0 Å². The van der Waals surface area contributed by atoms with Crippen molar-refractivity contribution in [2.24, 2.45) is 0 Å². The third-order valence-electron chi connectivity index (χ3n) is 1.32. The molecule has 5 heteroatoms. The van der Waals surface area contributed by atoms with Gasteiger partial charge in [0.05, 0.1) is 6.67 Å². The number of nitrogens with one attached hydrogen (secondary N) is 2. The van der Waals surface area contributed by atoms with E-state index in [1.807, 2.05) is 0 Å². The molecule has 1 aromatic rings. The molecular formula is C5H5BrN4. The van der Waals surface area contributed by atoms with Crippen molar-refractivity contribution in [3.05, 3.63) is 10.9 Å². The minimum Gasteiger partial charge on any atom is -0.363 e. The van der Waals surface area contributed by atoms with E-state index in [-0.39, 0.29) is 0 Å². The third kappa shape index (κ3) is 0.740. The minimum atomic E-state index is 0.729. The molecule has 0 atom stereocenters. The summed E-state index contributed by atoms with van der Waals surface area (Å²) in [6.45, 7) is 0.729. The topological polar surface area (TPSA) is 49.8 Å². The summed E-state index contributed by atoms with van der Waals surface area (Å²) in [5, 5.41) is 6.13. The molecule has 52 valence electrons. The van der Waals surface area contributed by atoms with Crippen LogP contribution >= 0.6 is 15.9 Å². The van der Waals surface area contributed by atoms with Gasteiger partial charge in [-0.2, -0.15) is 0 Å². The summed E-state index contributed by atoms with van der Waals surface area (Å²) in [6, 6.07) is 0. The molecule has 0 aromatic carbocycles. The van der Waals surface area contributed by atoms with Gasteiger partial charge in [-0.25, -0.2) is 9.97 Å². The Bertz CT molecular complexity index is 262. The fourth-order valence-corrected chi connectivity index (χ4v) is 1.29. The first-order valence-corrected chi connectivity index (χ1v) is 3.65. The van der Waals surface area contributed by atoms with Gasteiger partial charge in [-0.1, -0.05) is 0 Å². The molecule has 1 aliphatic heterocycles. The molecule has 0 aliphatic carbocycles. The predicted octanol–water partition coefficient (Wildman–Crippen LogP) is 1.03. The Morgan fingerprint density at radius 3 is 3.10 bits per heavy atom. The molecule has 0 fully saturated rings. The normalized spacial score (nSPS) is 13.7. The molecular weight excluding hydrogens is 196 g/mol. The maximum absolute atomic E-state index is 4.01. The second-order valence-electron chi connectivity index (χ2n) is 1.92. The van der Waals surface area contributed by atoms with E-state index in [1.54, 1.807) is 0 Å². The van der Waals surface area contributed by atoms with E-state index in [1.165, 1.54) is 6.33 Å². The number of hydrogen-bond donors (Lipinski definition) is 2. The van der Waals surface area contributed by atoms with Gasteiger partial charge in [0.2, 0.25) is 0 Å². The zero-order chi connectivity index (χ0) is 6.97. The summed E-state index contributed by atoms with van der Waals surface area (Å²) < 4.78 is 0.808. The van der Waals surface area contributed by atoms with E-state index in [4.69, 9.17) is 0 Å². The minimum absolute atomic E-state index is 0.729. The molecule has 0 amide bonds. The number of anilines is 2. The molecule has 0 saturated heterocycles. The lowest BCUT2D eigenvalue weighted by atomic mass is 10.5. The van der Waals surface area contributed by atoms with E-state index < -0.39 is 0 Å². The van der Waals surface area contributed by atoms with Crippen molar-refractivity contribution in [2.75, 3.05) is 17.3 Å². The molecule has 1 aliphatic rings. The smallest absolute Gasteiger partial charge is 0.155 e. The lowest BCUT2D eigenvalue weighted by molar-refractivity contribution is 1.16. The second-order valence-corrected chi connectivity index (χ2v) is 2.67. The number of rotatable bonds is 0. The monoisotopic (exact) mass is 200 g/mol. The van der Waals surface area contributed by atoms with Crippen LogP contribution in [0, 0.1) is 0 Å². The predicted molar refractivity (Wildman–Crippen MR) is 41.8 cm³/mol. The van der Waals surface area contributed by atoms with Gasteiger partial charge in [0.25, 0.3) is 0 Å². The Hall–Kier alpha value is -0.840. The Morgan fingerprint density at radius 2 is 2.30 bits per heavy atom. The molecule has 10 heavy (non-hydrogen) atoms. The van der Waals surface area contributed by atoms with Crippen LogP contribution in [0.4, 0.5) is 11.5 Å². The molecule has 0 bridgehead atoms. The Labute approximate surface area is 66.2 Å². The number of aromatic nitrogens is 2. The van der Waals surface area contributed by atoms with E-state index >= 15 is 0 Å². The first-order valence-electron chi connectivity index (χ1n) is 2.86. The van der Waals surface area contributed by atoms with Crippen LogP contribution in [0.25, 0.3) is 0 Å². The quantitative estimate of drug-likeness (QED) is 0.615. The summed E-state index contributed by atoms with van der Waals surface area (Å²) in [5.74, 6) is 0.863. The largest absolute Gasteiger partial charge is 0.363 e. The molecule has 1 aromatic heterocycles. The Kier molecular flexibility index (Phi) is 1.23. The van der Waals surface area contributed by atoms with Crippen molar-refractivity contribution in [2.45, 2.75) is 0 Å². The van der Waals surface area contributed by atoms with Crippen molar-refractivity contribution in [1.82, 2.24) is 9.97 Å². The fraction of sp³-hybridized carbons (Fsp3) is 0.200. The standard InChI is InChI=1S/C5H5BrN4/c6-4-3-5(9-1-7-3)10-2-8-4/h2,7H,1H2,(H,8,9,10). The van der Waals surface area contributed by atoms with Gasteiger partial charge in [0.15, 0.2) is 5.82 Å². The van der Waals surface area contributed by atoms with Gasteiger partial charge < -0.3 is 10.6 Å². The Morgan fingerprint density at radius 1 is 1.40 bits per heavy atom. The molecule has 0 spiro atoms. The molecule has 2 N–H and O–H groups in total. The van der Waals surface area contributed by atoms with Crippen molar-refractivity contribution in [3.8, 4) is 0 Å². The summed E-state index contributed by atoms with van der Waals surface area (Å²) in [4.78, 5) is 7.96. The first-order chi connectivity index (χ1) is 4.88.